The van der Waals surface area contributed by atoms with E-state index < -0.39 is 15.0 Å². The zero-order valence-electron chi connectivity index (χ0n) is 19.2. The highest BCUT2D eigenvalue weighted by atomic mass is 35.7. The van der Waals surface area contributed by atoms with E-state index in [0.717, 1.165) is 19.3 Å². The number of unbranched alkanes of at least 4 members (excludes halogenated alkanes) is 13. The predicted octanol–water partition coefficient (Wildman–Crippen LogP) is 7.26. The maximum Gasteiger partial charge on any atom is 0.337 e. The molecule has 0 bridgehead atoms. The van der Waals surface area contributed by atoms with Crippen LogP contribution in [0.1, 0.15) is 107 Å². The maximum atomic E-state index is 11.8. The Morgan fingerprint density at radius 3 is 1.77 bits per heavy atom. The summed E-state index contributed by atoms with van der Waals surface area (Å²) in [6.07, 6.45) is 17.8. The summed E-state index contributed by atoms with van der Waals surface area (Å²) in [4.78, 5) is 11.4. The van der Waals surface area contributed by atoms with Gasteiger partial charge in [0.05, 0.1) is 19.3 Å². The van der Waals surface area contributed by atoms with Crippen LogP contribution in [0.2, 0.25) is 0 Å². The molecule has 1 aromatic carbocycles. The van der Waals surface area contributed by atoms with Gasteiger partial charge in [-0.05, 0) is 24.6 Å². The number of halogens is 1. The van der Waals surface area contributed by atoms with Crippen molar-refractivity contribution in [3.05, 3.63) is 23.8 Å². The van der Waals surface area contributed by atoms with Crippen molar-refractivity contribution in [3.63, 3.8) is 0 Å². The van der Waals surface area contributed by atoms with Gasteiger partial charge in [-0.15, -0.1) is 0 Å². The summed E-state index contributed by atoms with van der Waals surface area (Å²) in [6.45, 7) is 2.67. The van der Waals surface area contributed by atoms with Gasteiger partial charge in [-0.3, -0.25) is 0 Å². The van der Waals surface area contributed by atoms with Gasteiger partial charge in [0.25, 0.3) is 9.05 Å². The standard InChI is InChI=1S/C24H39ClO5S/c1-3-4-5-6-7-8-9-10-11-12-13-14-15-16-19-30-22-18-17-21(24(26)29-2)20-23(22)31(25,27)28/h17-18,20H,3-16,19H2,1-2H3. The quantitative estimate of drug-likeness (QED) is 0.127. The first-order valence-electron chi connectivity index (χ1n) is 11.7. The van der Waals surface area contributed by atoms with E-state index in [1.807, 2.05) is 0 Å². The zero-order valence-corrected chi connectivity index (χ0v) is 20.7. The molecule has 0 atom stereocenters. The van der Waals surface area contributed by atoms with E-state index in [9.17, 15) is 13.2 Å². The van der Waals surface area contributed by atoms with Crippen molar-refractivity contribution in [1.29, 1.82) is 0 Å². The minimum absolute atomic E-state index is 0.116. The highest BCUT2D eigenvalue weighted by Gasteiger charge is 2.20. The van der Waals surface area contributed by atoms with Crippen molar-refractivity contribution in [3.8, 4) is 5.75 Å². The monoisotopic (exact) mass is 474 g/mol. The van der Waals surface area contributed by atoms with Crippen molar-refractivity contribution in [2.24, 2.45) is 0 Å². The topological polar surface area (TPSA) is 69.7 Å². The Bertz CT molecular complexity index is 733. The predicted molar refractivity (Wildman–Crippen MR) is 127 cm³/mol. The van der Waals surface area contributed by atoms with Crippen molar-refractivity contribution in [2.75, 3.05) is 13.7 Å². The lowest BCUT2D eigenvalue weighted by atomic mass is 10.0. The van der Waals surface area contributed by atoms with Crippen LogP contribution >= 0.6 is 10.7 Å². The lowest BCUT2D eigenvalue weighted by Gasteiger charge is -2.11. The Morgan fingerprint density at radius 2 is 1.32 bits per heavy atom. The fraction of sp³-hybridized carbons (Fsp3) is 0.708. The van der Waals surface area contributed by atoms with Crippen LogP contribution in [0.15, 0.2) is 23.1 Å². The number of carbonyl (C=O) groups excluding carboxylic acids is 1. The Hall–Kier alpha value is -1.27. The third-order valence-electron chi connectivity index (χ3n) is 5.38. The van der Waals surface area contributed by atoms with Gasteiger partial charge in [0.1, 0.15) is 10.6 Å². The Kier molecular flexibility index (Phi) is 14.7. The van der Waals surface area contributed by atoms with E-state index in [1.54, 1.807) is 0 Å². The fourth-order valence-electron chi connectivity index (χ4n) is 3.54. The van der Waals surface area contributed by atoms with Crippen LogP contribution in [0.5, 0.6) is 5.75 Å². The van der Waals surface area contributed by atoms with Crippen LogP contribution in [0.3, 0.4) is 0 Å². The van der Waals surface area contributed by atoms with E-state index in [2.05, 4.69) is 11.7 Å². The molecule has 0 spiro atoms. The summed E-state index contributed by atoms with van der Waals surface area (Å²) in [5.41, 5.74) is 0.116. The molecule has 1 rings (SSSR count). The van der Waals surface area contributed by atoms with Crippen LogP contribution in [0, 0.1) is 0 Å². The van der Waals surface area contributed by atoms with E-state index in [1.165, 1.54) is 95.9 Å². The molecule has 0 saturated carbocycles. The average Bonchev–Trinajstić information content (AvgIpc) is 2.75. The number of methoxy groups -OCH3 is 1. The normalized spacial score (nSPS) is 11.5. The van der Waals surface area contributed by atoms with Crippen molar-refractivity contribution >= 4 is 25.7 Å². The highest BCUT2D eigenvalue weighted by molar-refractivity contribution is 8.13. The molecule has 31 heavy (non-hydrogen) atoms. The van der Waals surface area contributed by atoms with Crippen LogP contribution in [-0.4, -0.2) is 28.1 Å². The van der Waals surface area contributed by atoms with Gasteiger partial charge < -0.3 is 9.47 Å². The van der Waals surface area contributed by atoms with Gasteiger partial charge in [-0.1, -0.05) is 90.4 Å². The van der Waals surface area contributed by atoms with Crippen LogP contribution < -0.4 is 4.74 Å². The fourth-order valence-corrected chi connectivity index (χ4v) is 4.54. The molecule has 0 fully saturated rings. The van der Waals surface area contributed by atoms with Crippen LogP contribution in [0.4, 0.5) is 0 Å². The molecule has 7 heteroatoms. The number of esters is 1. The molecule has 0 amide bonds. The van der Waals surface area contributed by atoms with Gasteiger partial charge in [-0.25, -0.2) is 13.2 Å². The number of hydrogen-bond acceptors (Lipinski definition) is 5. The molecule has 0 aromatic heterocycles. The number of carbonyl (C=O) groups is 1. The molecule has 178 valence electrons. The Morgan fingerprint density at radius 1 is 0.839 bits per heavy atom. The summed E-state index contributed by atoms with van der Waals surface area (Å²) >= 11 is 0. The van der Waals surface area contributed by atoms with Gasteiger partial charge in [-0.2, -0.15) is 0 Å². The number of hydrogen-bond donors (Lipinski definition) is 0. The zero-order chi connectivity index (χ0) is 23.0. The minimum Gasteiger partial charge on any atom is -0.492 e. The molecule has 0 radical (unpaired) electrons. The lowest BCUT2D eigenvalue weighted by molar-refractivity contribution is 0.0600. The van der Waals surface area contributed by atoms with E-state index >= 15 is 0 Å². The molecule has 5 nitrogen and oxygen atoms in total. The molecular formula is C24H39ClO5S. The van der Waals surface area contributed by atoms with Crippen molar-refractivity contribution < 1.29 is 22.7 Å². The van der Waals surface area contributed by atoms with Crippen LogP contribution in [-0.2, 0) is 13.8 Å². The first kappa shape index (κ1) is 27.8. The smallest absolute Gasteiger partial charge is 0.337 e. The Balaban J connectivity index is 2.16. The summed E-state index contributed by atoms with van der Waals surface area (Å²) in [7, 11) is 2.70. The van der Waals surface area contributed by atoms with Gasteiger partial charge >= 0.3 is 5.97 Å². The van der Waals surface area contributed by atoms with Gasteiger partial charge in [0.15, 0.2) is 0 Å². The largest absolute Gasteiger partial charge is 0.492 e. The third kappa shape index (κ3) is 12.4. The number of rotatable bonds is 18. The van der Waals surface area contributed by atoms with E-state index in [0.29, 0.717) is 6.61 Å². The SMILES string of the molecule is CCCCCCCCCCCCCCCCOc1ccc(C(=O)OC)cc1S(=O)(=O)Cl. The summed E-state index contributed by atoms with van der Waals surface area (Å²) in [6, 6.07) is 4.11. The van der Waals surface area contributed by atoms with Gasteiger partial charge in [0.2, 0.25) is 0 Å². The Labute approximate surface area is 193 Å². The molecule has 0 saturated heterocycles. The second-order valence-electron chi connectivity index (χ2n) is 8.04. The summed E-state index contributed by atoms with van der Waals surface area (Å²) in [5, 5.41) is 0. The molecule has 0 heterocycles. The molecule has 1 aromatic rings. The molecule has 0 aliphatic rings. The first-order valence-corrected chi connectivity index (χ1v) is 14.0. The third-order valence-corrected chi connectivity index (χ3v) is 6.73. The average molecular weight is 475 g/mol. The number of benzene rings is 1. The second kappa shape index (κ2) is 16.4. The van der Waals surface area contributed by atoms with Crippen molar-refractivity contribution in [2.45, 2.75) is 102 Å². The number of ether oxygens (including phenoxy) is 2. The summed E-state index contributed by atoms with van der Waals surface area (Å²) < 4.78 is 33.9. The van der Waals surface area contributed by atoms with Crippen molar-refractivity contribution in [1.82, 2.24) is 0 Å². The highest BCUT2D eigenvalue weighted by Crippen LogP contribution is 2.28. The molecule has 0 aliphatic heterocycles. The minimum atomic E-state index is -4.03. The van der Waals surface area contributed by atoms with E-state index in [4.69, 9.17) is 15.4 Å². The molecular weight excluding hydrogens is 436 g/mol. The first-order chi connectivity index (χ1) is 14.9. The molecule has 0 aliphatic carbocycles. The maximum absolute atomic E-state index is 11.8. The lowest BCUT2D eigenvalue weighted by Crippen LogP contribution is -2.06. The van der Waals surface area contributed by atoms with Crippen LogP contribution in [0.25, 0.3) is 0 Å². The van der Waals surface area contributed by atoms with Gasteiger partial charge in [0, 0.05) is 10.7 Å². The molecule has 0 unspecified atom stereocenters. The molecule has 0 N–H and O–H groups in total. The second-order valence-corrected chi connectivity index (χ2v) is 10.6. The summed E-state index contributed by atoms with van der Waals surface area (Å²) in [5.74, 6) is -0.461. The van der Waals surface area contributed by atoms with E-state index in [-0.39, 0.29) is 16.2 Å².